The van der Waals surface area contributed by atoms with Crippen molar-refractivity contribution in [3.05, 3.63) is 23.8 Å². The number of hydrogen-bond acceptors (Lipinski definition) is 5. The third kappa shape index (κ3) is 6.67. The molecule has 8 nitrogen and oxygen atoms in total. The van der Waals surface area contributed by atoms with Crippen LogP contribution in [0.1, 0.15) is 69.2 Å². The van der Waals surface area contributed by atoms with E-state index in [0.717, 1.165) is 44.7 Å². The molecule has 0 radical (unpaired) electrons. The lowest BCUT2D eigenvalue weighted by Crippen LogP contribution is -2.50. The maximum Gasteiger partial charge on any atom is 0.319 e. The number of urea groups is 1. The number of nitrogens with zero attached hydrogens (tertiary/aromatic N) is 2. The lowest BCUT2D eigenvalue weighted by molar-refractivity contribution is 0.0346. The molecule has 3 aliphatic rings. The van der Waals surface area contributed by atoms with Gasteiger partial charge in [0.05, 0.1) is 23.9 Å². The van der Waals surface area contributed by atoms with E-state index in [1.165, 1.54) is 19.3 Å². The second-order valence-corrected chi connectivity index (χ2v) is 10.9. The molecule has 4 rings (SSSR count). The number of amides is 3. The first-order valence-corrected chi connectivity index (χ1v) is 13.3. The number of ether oxygens (including phenoxy) is 1. The van der Waals surface area contributed by atoms with Crippen molar-refractivity contribution in [3.8, 4) is 5.75 Å². The van der Waals surface area contributed by atoms with Gasteiger partial charge in [0.2, 0.25) is 0 Å². The highest BCUT2D eigenvalue weighted by Crippen LogP contribution is 2.35. The van der Waals surface area contributed by atoms with Crippen molar-refractivity contribution >= 4 is 17.6 Å². The Balaban J connectivity index is 1.59. The van der Waals surface area contributed by atoms with Crippen LogP contribution in [0.3, 0.4) is 0 Å². The number of para-hydroxylation sites is 1. The summed E-state index contributed by atoms with van der Waals surface area (Å²) in [4.78, 5) is 30.5. The van der Waals surface area contributed by atoms with Crippen LogP contribution in [0, 0.1) is 11.8 Å². The molecule has 2 saturated carbocycles. The first-order valence-electron chi connectivity index (χ1n) is 13.3. The molecule has 8 heteroatoms. The summed E-state index contributed by atoms with van der Waals surface area (Å²) in [7, 11) is 2.12. The Morgan fingerprint density at radius 3 is 2.63 bits per heavy atom. The third-order valence-electron chi connectivity index (χ3n) is 7.64. The summed E-state index contributed by atoms with van der Waals surface area (Å²) in [5.41, 5.74) is 0.923. The minimum atomic E-state index is -0.313. The first kappa shape index (κ1) is 25.8. The first-order chi connectivity index (χ1) is 16.9. The van der Waals surface area contributed by atoms with Crippen molar-refractivity contribution in [2.75, 3.05) is 38.6 Å². The molecule has 0 aromatic heterocycles. The molecule has 0 unspecified atom stereocenters. The minimum absolute atomic E-state index is 0.0480. The Bertz CT molecular complexity index is 884. The summed E-state index contributed by atoms with van der Waals surface area (Å²) >= 11 is 0. The zero-order chi connectivity index (χ0) is 24.9. The van der Waals surface area contributed by atoms with Crippen molar-refractivity contribution in [1.29, 1.82) is 0 Å². The molecular formula is C27H42N4O4. The van der Waals surface area contributed by atoms with E-state index in [4.69, 9.17) is 4.74 Å². The van der Waals surface area contributed by atoms with E-state index < -0.39 is 0 Å². The van der Waals surface area contributed by atoms with Gasteiger partial charge in [-0.05, 0) is 57.7 Å². The van der Waals surface area contributed by atoms with Gasteiger partial charge < -0.3 is 30.3 Å². The average molecular weight is 487 g/mol. The lowest BCUT2D eigenvalue weighted by atomic mass is 9.96. The van der Waals surface area contributed by atoms with E-state index in [9.17, 15) is 14.7 Å². The number of hydrogen-bond donors (Lipinski definition) is 3. The zero-order valence-corrected chi connectivity index (χ0v) is 21.5. The van der Waals surface area contributed by atoms with Gasteiger partial charge >= 0.3 is 6.03 Å². The Labute approximate surface area is 209 Å². The average Bonchev–Trinajstić information content (AvgIpc) is 3.65. The minimum Gasteiger partial charge on any atom is -0.486 e. The van der Waals surface area contributed by atoms with E-state index >= 15 is 0 Å². The van der Waals surface area contributed by atoms with Gasteiger partial charge in [0.15, 0.2) is 5.75 Å². The van der Waals surface area contributed by atoms with Crippen LogP contribution in [0.2, 0.25) is 0 Å². The van der Waals surface area contributed by atoms with Crippen LogP contribution in [0.5, 0.6) is 5.75 Å². The standard InChI is InChI=1S/C27H42N4O4/c1-18-14-31(19(2)17-32)26(33)22-10-7-11-23(29-27(34)28-21-8-5-4-6-9-21)25(22)35-24(18)16-30(3)15-20-12-13-20/h7,10-11,18-21,24,32H,4-6,8-9,12-17H2,1-3H3,(H2,28,29,34)/t18-,19-,24+/m1/s1. The van der Waals surface area contributed by atoms with Crippen molar-refractivity contribution in [2.24, 2.45) is 11.8 Å². The highest BCUT2D eigenvalue weighted by Gasteiger charge is 2.35. The van der Waals surface area contributed by atoms with E-state index in [0.29, 0.717) is 23.5 Å². The molecule has 2 aliphatic carbocycles. The van der Waals surface area contributed by atoms with Crippen LogP contribution in [0.25, 0.3) is 0 Å². The van der Waals surface area contributed by atoms with Gasteiger partial charge in [-0.2, -0.15) is 0 Å². The fourth-order valence-electron chi connectivity index (χ4n) is 5.27. The van der Waals surface area contributed by atoms with Crippen molar-refractivity contribution < 1.29 is 19.4 Å². The van der Waals surface area contributed by atoms with Gasteiger partial charge in [0, 0.05) is 31.6 Å². The van der Waals surface area contributed by atoms with Gasteiger partial charge in [-0.1, -0.05) is 32.3 Å². The maximum atomic E-state index is 13.6. The summed E-state index contributed by atoms with van der Waals surface area (Å²) in [5.74, 6) is 1.05. The van der Waals surface area contributed by atoms with Crippen molar-refractivity contribution in [2.45, 2.75) is 77.0 Å². The summed E-state index contributed by atoms with van der Waals surface area (Å²) < 4.78 is 6.58. The number of carbonyl (C=O) groups excluding carboxylic acids is 2. The smallest absolute Gasteiger partial charge is 0.319 e. The van der Waals surface area contributed by atoms with E-state index in [1.54, 1.807) is 23.1 Å². The highest BCUT2D eigenvalue weighted by atomic mass is 16.5. The third-order valence-corrected chi connectivity index (χ3v) is 7.64. The molecular weight excluding hydrogens is 444 g/mol. The number of anilines is 1. The number of rotatable bonds is 8. The van der Waals surface area contributed by atoms with Gasteiger partial charge in [-0.25, -0.2) is 4.79 Å². The molecule has 1 aromatic carbocycles. The molecule has 1 aromatic rings. The lowest BCUT2D eigenvalue weighted by Gasteiger charge is -2.38. The molecule has 35 heavy (non-hydrogen) atoms. The molecule has 1 heterocycles. The zero-order valence-electron chi connectivity index (χ0n) is 21.5. The molecule has 0 spiro atoms. The number of nitrogens with one attached hydrogen (secondary N) is 2. The highest BCUT2D eigenvalue weighted by molar-refractivity contribution is 6.01. The number of fused-ring (bicyclic) bond motifs is 1. The molecule has 0 saturated heterocycles. The van der Waals surface area contributed by atoms with E-state index in [-0.39, 0.29) is 42.7 Å². The Morgan fingerprint density at radius 2 is 1.94 bits per heavy atom. The molecule has 194 valence electrons. The Kier molecular flexibility index (Phi) is 8.55. The van der Waals surface area contributed by atoms with Crippen LogP contribution in [0.4, 0.5) is 10.5 Å². The van der Waals surface area contributed by atoms with Crippen LogP contribution in [-0.4, -0.2) is 78.3 Å². The number of aliphatic hydroxyl groups is 1. The topological polar surface area (TPSA) is 94.1 Å². The normalized spacial score (nSPS) is 24.3. The Hall–Kier alpha value is -2.32. The number of aliphatic hydroxyl groups excluding tert-OH is 1. The van der Waals surface area contributed by atoms with Crippen LogP contribution in [0.15, 0.2) is 18.2 Å². The molecule has 3 amide bonds. The molecule has 3 N–H and O–H groups in total. The van der Waals surface area contributed by atoms with Crippen LogP contribution in [-0.2, 0) is 0 Å². The van der Waals surface area contributed by atoms with Gasteiger partial charge in [-0.3, -0.25) is 4.79 Å². The second-order valence-electron chi connectivity index (χ2n) is 10.9. The second kappa shape index (κ2) is 11.6. The largest absolute Gasteiger partial charge is 0.486 e. The summed E-state index contributed by atoms with van der Waals surface area (Å²) in [6, 6.07) is 4.92. The van der Waals surface area contributed by atoms with Crippen molar-refractivity contribution in [1.82, 2.24) is 15.1 Å². The Morgan fingerprint density at radius 1 is 1.20 bits per heavy atom. The van der Waals surface area contributed by atoms with Crippen LogP contribution >= 0.6 is 0 Å². The van der Waals surface area contributed by atoms with Gasteiger partial charge in [0.1, 0.15) is 6.10 Å². The fourth-order valence-corrected chi connectivity index (χ4v) is 5.27. The number of likely N-dealkylation sites (N-methyl/N-ethyl adjacent to an activating group) is 1. The quantitative estimate of drug-likeness (QED) is 0.521. The molecule has 0 bridgehead atoms. The monoisotopic (exact) mass is 486 g/mol. The summed E-state index contributed by atoms with van der Waals surface area (Å²) in [6.07, 6.45) is 7.89. The van der Waals surface area contributed by atoms with Crippen LogP contribution < -0.4 is 15.4 Å². The summed E-state index contributed by atoms with van der Waals surface area (Å²) in [6.45, 7) is 6.12. The van der Waals surface area contributed by atoms with Crippen molar-refractivity contribution in [3.63, 3.8) is 0 Å². The van der Waals surface area contributed by atoms with Gasteiger partial charge in [-0.15, -0.1) is 0 Å². The predicted molar refractivity (Wildman–Crippen MR) is 137 cm³/mol. The SMILES string of the molecule is C[C@@H]1CN([C@H](C)CO)C(=O)c2cccc(NC(=O)NC3CCCCC3)c2O[C@H]1CN(C)CC1CC1. The molecule has 3 atom stereocenters. The maximum absolute atomic E-state index is 13.6. The fraction of sp³-hybridized carbons (Fsp3) is 0.704. The number of benzene rings is 1. The molecule has 2 fully saturated rings. The summed E-state index contributed by atoms with van der Waals surface area (Å²) in [5, 5.41) is 15.9. The van der Waals surface area contributed by atoms with E-state index in [2.05, 4.69) is 29.5 Å². The van der Waals surface area contributed by atoms with E-state index in [1.807, 2.05) is 6.92 Å². The van der Waals surface area contributed by atoms with Gasteiger partial charge in [0.25, 0.3) is 5.91 Å². The number of carbonyl (C=O) groups is 2. The predicted octanol–water partition coefficient (Wildman–Crippen LogP) is 3.70. The molecule has 1 aliphatic heterocycles.